The lowest BCUT2D eigenvalue weighted by Crippen LogP contribution is -2.35. The second kappa shape index (κ2) is 5.83. The van der Waals surface area contributed by atoms with Gasteiger partial charge in [0, 0.05) is 31.3 Å². The van der Waals surface area contributed by atoms with Crippen LogP contribution in [-0.4, -0.2) is 18.3 Å². The maximum absolute atomic E-state index is 4.56. The van der Waals surface area contributed by atoms with Gasteiger partial charge in [-0.25, -0.2) is 9.98 Å². The molecule has 0 radical (unpaired) electrons. The summed E-state index contributed by atoms with van der Waals surface area (Å²) in [5, 5.41) is 6.01. The predicted octanol–water partition coefficient (Wildman–Crippen LogP) is 4.81. The summed E-state index contributed by atoms with van der Waals surface area (Å²) >= 11 is 1.82. The van der Waals surface area contributed by atoms with Crippen molar-refractivity contribution >= 4 is 43.2 Å². The first-order chi connectivity index (χ1) is 12.4. The van der Waals surface area contributed by atoms with Crippen LogP contribution < -0.4 is 5.32 Å². The number of nitrogens with zero attached hydrogens (tertiary/aromatic N) is 2. The molecule has 2 heterocycles. The van der Waals surface area contributed by atoms with Crippen LogP contribution >= 0.6 is 11.3 Å². The first-order valence-electron chi connectivity index (χ1n) is 8.21. The molecule has 4 heteroatoms. The first kappa shape index (κ1) is 14.4. The molecular weight excluding hydrogens is 326 g/mol. The Balaban J connectivity index is 1.53. The van der Waals surface area contributed by atoms with Crippen molar-refractivity contribution in [2.75, 3.05) is 6.67 Å². The van der Waals surface area contributed by atoms with Gasteiger partial charge in [0.2, 0.25) is 0 Å². The fourth-order valence-electron chi connectivity index (χ4n) is 3.16. The quantitative estimate of drug-likeness (QED) is 0.558. The van der Waals surface area contributed by atoms with Crippen LogP contribution in [0.25, 0.3) is 20.2 Å². The SMILES string of the molecule is c1ccc(C2=NCN=C(c3ccc4c(c3)sc3ccccc34)N2)cc1. The van der Waals surface area contributed by atoms with Gasteiger partial charge < -0.3 is 5.32 Å². The minimum absolute atomic E-state index is 0.455. The molecule has 3 aromatic carbocycles. The van der Waals surface area contributed by atoms with E-state index in [1.807, 2.05) is 29.5 Å². The van der Waals surface area contributed by atoms with Crippen LogP contribution in [0.5, 0.6) is 0 Å². The lowest BCUT2D eigenvalue weighted by Gasteiger charge is -2.16. The molecule has 4 aromatic rings. The Morgan fingerprint density at radius 1 is 0.680 bits per heavy atom. The Morgan fingerprint density at radius 2 is 1.40 bits per heavy atom. The van der Waals surface area contributed by atoms with Crippen LogP contribution in [0, 0.1) is 0 Å². The van der Waals surface area contributed by atoms with Crippen LogP contribution in [0.4, 0.5) is 0 Å². The molecule has 0 aliphatic carbocycles. The third-order valence-electron chi connectivity index (χ3n) is 4.39. The molecule has 120 valence electrons. The number of rotatable bonds is 2. The molecule has 0 bridgehead atoms. The number of nitrogens with one attached hydrogen (secondary N) is 1. The van der Waals surface area contributed by atoms with Gasteiger partial charge in [-0.1, -0.05) is 60.7 Å². The zero-order valence-corrected chi connectivity index (χ0v) is 14.3. The smallest absolute Gasteiger partial charge is 0.135 e. The lowest BCUT2D eigenvalue weighted by atomic mass is 10.1. The highest BCUT2D eigenvalue weighted by atomic mass is 32.1. The van der Waals surface area contributed by atoms with Gasteiger partial charge in [0.25, 0.3) is 0 Å². The Morgan fingerprint density at radius 3 is 2.28 bits per heavy atom. The molecule has 1 aliphatic rings. The molecule has 0 atom stereocenters. The van der Waals surface area contributed by atoms with Crippen molar-refractivity contribution < 1.29 is 0 Å². The highest BCUT2D eigenvalue weighted by molar-refractivity contribution is 7.25. The minimum atomic E-state index is 0.455. The zero-order chi connectivity index (χ0) is 16.6. The van der Waals surface area contributed by atoms with E-state index in [0.717, 1.165) is 22.8 Å². The van der Waals surface area contributed by atoms with Gasteiger partial charge in [-0.05, 0) is 12.1 Å². The number of amidine groups is 2. The number of benzene rings is 3. The summed E-state index contributed by atoms with van der Waals surface area (Å²) in [6.07, 6.45) is 0. The fourth-order valence-corrected chi connectivity index (χ4v) is 4.31. The first-order valence-corrected chi connectivity index (χ1v) is 9.03. The third-order valence-corrected chi connectivity index (χ3v) is 5.53. The van der Waals surface area contributed by atoms with Crippen LogP contribution in [0.1, 0.15) is 11.1 Å². The molecule has 0 spiro atoms. The average Bonchev–Trinajstić information content (AvgIpc) is 3.06. The molecule has 1 aromatic heterocycles. The number of hydrogen-bond acceptors (Lipinski definition) is 4. The molecule has 1 aliphatic heterocycles. The fraction of sp³-hybridized carbons (Fsp3) is 0.0476. The highest BCUT2D eigenvalue weighted by Gasteiger charge is 2.14. The van der Waals surface area contributed by atoms with Crippen molar-refractivity contribution in [3.63, 3.8) is 0 Å². The molecule has 0 fully saturated rings. The molecule has 5 rings (SSSR count). The molecular formula is C21H15N3S. The molecule has 25 heavy (non-hydrogen) atoms. The van der Waals surface area contributed by atoms with Crippen molar-refractivity contribution in [3.05, 3.63) is 83.9 Å². The van der Waals surface area contributed by atoms with E-state index in [4.69, 9.17) is 0 Å². The van der Waals surface area contributed by atoms with E-state index in [2.05, 4.69) is 69.9 Å². The van der Waals surface area contributed by atoms with E-state index in [9.17, 15) is 0 Å². The predicted molar refractivity (Wildman–Crippen MR) is 107 cm³/mol. The van der Waals surface area contributed by atoms with Gasteiger partial charge >= 0.3 is 0 Å². The number of hydrogen-bond donors (Lipinski definition) is 1. The maximum Gasteiger partial charge on any atom is 0.135 e. The van der Waals surface area contributed by atoms with Gasteiger partial charge in [-0.2, -0.15) is 0 Å². The summed E-state index contributed by atoms with van der Waals surface area (Å²) in [7, 11) is 0. The van der Waals surface area contributed by atoms with E-state index in [1.165, 1.54) is 20.2 Å². The molecule has 0 saturated heterocycles. The van der Waals surface area contributed by atoms with Crippen LogP contribution in [0.3, 0.4) is 0 Å². The molecule has 0 saturated carbocycles. The van der Waals surface area contributed by atoms with Crippen molar-refractivity contribution in [1.82, 2.24) is 5.32 Å². The van der Waals surface area contributed by atoms with Crippen LogP contribution in [-0.2, 0) is 0 Å². The minimum Gasteiger partial charge on any atom is -0.324 e. The van der Waals surface area contributed by atoms with E-state index in [1.54, 1.807) is 0 Å². The zero-order valence-electron chi connectivity index (χ0n) is 13.4. The van der Waals surface area contributed by atoms with E-state index >= 15 is 0 Å². The summed E-state index contributed by atoms with van der Waals surface area (Å²) in [4.78, 5) is 9.05. The van der Waals surface area contributed by atoms with Gasteiger partial charge in [0.05, 0.1) is 0 Å². The van der Waals surface area contributed by atoms with Gasteiger partial charge in [-0.15, -0.1) is 11.3 Å². The van der Waals surface area contributed by atoms with Crippen LogP contribution in [0.15, 0.2) is 82.8 Å². The summed E-state index contributed by atoms with van der Waals surface area (Å²) in [5.74, 6) is 1.76. The van der Waals surface area contributed by atoms with Gasteiger partial charge in [0.15, 0.2) is 0 Å². The summed E-state index contributed by atoms with van der Waals surface area (Å²) in [6.45, 7) is 0.455. The largest absolute Gasteiger partial charge is 0.324 e. The molecule has 3 nitrogen and oxygen atoms in total. The Labute approximate surface area is 149 Å². The highest BCUT2D eigenvalue weighted by Crippen LogP contribution is 2.34. The summed E-state index contributed by atoms with van der Waals surface area (Å²) < 4.78 is 2.60. The number of fused-ring (bicyclic) bond motifs is 3. The summed E-state index contributed by atoms with van der Waals surface area (Å²) in [5.41, 5.74) is 2.18. The molecule has 0 unspecified atom stereocenters. The van der Waals surface area contributed by atoms with E-state index < -0.39 is 0 Å². The number of thiophene rings is 1. The second-order valence-electron chi connectivity index (χ2n) is 5.96. The van der Waals surface area contributed by atoms with Crippen molar-refractivity contribution in [2.45, 2.75) is 0 Å². The normalized spacial score (nSPS) is 14.2. The van der Waals surface area contributed by atoms with Gasteiger partial charge in [-0.3, -0.25) is 0 Å². The Kier molecular flexibility index (Phi) is 3.35. The summed E-state index contributed by atoms with van der Waals surface area (Å²) in [6, 6.07) is 25.3. The Bertz CT molecular complexity index is 1140. The topological polar surface area (TPSA) is 36.8 Å². The third kappa shape index (κ3) is 2.51. The monoisotopic (exact) mass is 341 g/mol. The molecule has 0 amide bonds. The number of aliphatic imine (C=N–C) groups is 2. The maximum atomic E-state index is 4.56. The van der Waals surface area contributed by atoms with Crippen molar-refractivity contribution in [3.8, 4) is 0 Å². The second-order valence-corrected chi connectivity index (χ2v) is 7.04. The molecule has 1 N–H and O–H groups in total. The lowest BCUT2D eigenvalue weighted by molar-refractivity contribution is 1.00. The standard InChI is InChI=1S/C21H15N3S/c1-2-6-14(7-3-1)20-22-13-23-21(24-20)15-10-11-17-16-8-4-5-9-18(16)25-19(17)12-15/h1-12H,13H2,(H,22,23,24). The van der Waals surface area contributed by atoms with E-state index in [-0.39, 0.29) is 0 Å². The Hall–Kier alpha value is -2.98. The van der Waals surface area contributed by atoms with Gasteiger partial charge in [0.1, 0.15) is 18.3 Å². The van der Waals surface area contributed by atoms with Crippen molar-refractivity contribution in [1.29, 1.82) is 0 Å². The van der Waals surface area contributed by atoms with E-state index in [0.29, 0.717) is 6.67 Å². The average molecular weight is 341 g/mol. The van der Waals surface area contributed by atoms with Crippen molar-refractivity contribution in [2.24, 2.45) is 9.98 Å². The van der Waals surface area contributed by atoms with Crippen LogP contribution in [0.2, 0.25) is 0 Å².